The molecule has 0 fully saturated rings. The van der Waals surface area contributed by atoms with Gasteiger partial charge in [0, 0.05) is 31.3 Å². The number of guanidine groups is 1. The largest absolute Gasteiger partial charge is 0.480 e. The fourth-order valence-electron chi connectivity index (χ4n) is 5.36. The van der Waals surface area contributed by atoms with Crippen molar-refractivity contribution in [3.63, 3.8) is 0 Å². The second kappa shape index (κ2) is 22.7. The molecule has 3 rings (SSSR count). The number of rotatable bonds is 23. The standard InChI is InChI=1S/C36H49N11O9/c37-24(14-21-8-3-1-4-9-21)30(50)43-25(12-7-13-41-36(38)39)31(51)44-26(16-23-17-40-20-42-23)32(52)46-29(19-49)34(54)47-28(18-48)33(53)45-27(35(55)56)15-22-10-5-2-6-11-22/h1-6,8-11,17,20,24-29,48-49H,7,12-16,18-19,37H2,(H,40,42)(H,43,50)(H,44,51)(H,45,53)(H,46,52)(H,47,54)(H,55,56)(H4,38,39,41)/t24-,25-,26-,27-,28-,29-/m0/s1. The molecule has 5 amide bonds. The summed E-state index contributed by atoms with van der Waals surface area (Å²) >= 11 is 0. The highest BCUT2D eigenvalue weighted by atomic mass is 16.4. The van der Waals surface area contributed by atoms with Crippen LogP contribution in [-0.2, 0) is 48.0 Å². The van der Waals surface area contributed by atoms with Crippen molar-refractivity contribution in [2.24, 2.45) is 22.2 Å². The Morgan fingerprint density at radius 3 is 1.64 bits per heavy atom. The smallest absolute Gasteiger partial charge is 0.326 e. The first-order valence-electron chi connectivity index (χ1n) is 17.6. The zero-order valence-electron chi connectivity index (χ0n) is 30.5. The second-order valence-electron chi connectivity index (χ2n) is 12.7. The molecular weight excluding hydrogens is 730 g/mol. The molecule has 0 spiro atoms. The maximum Gasteiger partial charge on any atom is 0.326 e. The van der Waals surface area contributed by atoms with Gasteiger partial charge < -0.3 is 64.1 Å². The van der Waals surface area contributed by atoms with Crippen molar-refractivity contribution >= 4 is 41.5 Å². The molecule has 20 nitrogen and oxygen atoms in total. The summed E-state index contributed by atoms with van der Waals surface area (Å²) < 4.78 is 0. The van der Waals surface area contributed by atoms with Crippen LogP contribution in [0.3, 0.4) is 0 Å². The van der Waals surface area contributed by atoms with Gasteiger partial charge in [-0.2, -0.15) is 0 Å². The summed E-state index contributed by atoms with van der Waals surface area (Å²) in [6, 6.07) is 9.03. The van der Waals surface area contributed by atoms with E-state index >= 15 is 0 Å². The molecule has 3 aromatic rings. The minimum atomic E-state index is -1.70. The third kappa shape index (κ3) is 14.8. The minimum Gasteiger partial charge on any atom is -0.480 e. The van der Waals surface area contributed by atoms with Gasteiger partial charge in [-0.25, -0.2) is 9.78 Å². The lowest BCUT2D eigenvalue weighted by atomic mass is 10.0. The number of nitrogens with two attached hydrogens (primary N) is 3. The molecular formula is C36H49N11O9. The molecule has 2 aromatic carbocycles. The molecule has 0 saturated heterocycles. The predicted octanol–water partition coefficient (Wildman–Crippen LogP) is -3.69. The Morgan fingerprint density at radius 1 is 0.661 bits per heavy atom. The van der Waals surface area contributed by atoms with Crippen LogP contribution in [0.1, 0.15) is 29.7 Å². The van der Waals surface area contributed by atoms with E-state index in [1.165, 1.54) is 12.5 Å². The third-order valence-electron chi connectivity index (χ3n) is 8.35. The average molecular weight is 780 g/mol. The molecule has 0 aliphatic carbocycles. The number of amides is 5. The number of nitrogens with zero attached hydrogens (tertiary/aromatic N) is 2. The van der Waals surface area contributed by atoms with Gasteiger partial charge in [-0.15, -0.1) is 0 Å². The van der Waals surface area contributed by atoms with Gasteiger partial charge in [0.15, 0.2) is 5.96 Å². The van der Waals surface area contributed by atoms with Gasteiger partial charge in [0.1, 0.15) is 30.2 Å². The Bertz CT molecular complexity index is 1760. The van der Waals surface area contributed by atoms with Crippen molar-refractivity contribution < 1.29 is 44.1 Å². The number of carbonyl (C=O) groups is 6. The molecule has 6 atom stereocenters. The number of carbonyl (C=O) groups excluding carboxylic acids is 5. The minimum absolute atomic E-state index is 0.0329. The highest BCUT2D eigenvalue weighted by molar-refractivity contribution is 5.96. The number of imidazole rings is 1. The number of hydrogen-bond acceptors (Lipinski definition) is 11. The number of aliphatic imine (C=N–C) groups is 1. The summed E-state index contributed by atoms with van der Waals surface area (Å²) in [5.74, 6) is -6.05. The van der Waals surface area contributed by atoms with E-state index in [4.69, 9.17) is 17.2 Å². The van der Waals surface area contributed by atoms with Crippen LogP contribution in [0, 0.1) is 0 Å². The Hall–Kier alpha value is -6.38. The van der Waals surface area contributed by atoms with Crippen LogP contribution in [0.25, 0.3) is 0 Å². The summed E-state index contributed by atoms with van der Waals surface area (Å²) in [6.45, 7) is -1.80. The maximum atomic E-state index is 13.7. The van der Waals surface area contributed by atoms with Crippen molar-refractivity contribution in [3.05, 3.63) is 90.0 Å². The number of H-pyrrole nitrogens is 1. The number of carboxylic acids is 1. The Balaban J connectivity index is 1.73. The average Bonchev–Trinajstić information content (AvgIpc) is 3.70. The van der Waals surface area contributed by atoms with Gasteiger partial charge in [-0.05, 0) is 30.4 Å². The molecule has 0 saturated carbocycles. The summed E-state index contributed by atoms with van der Waals surface area (Å²) in [4.78, 5) is 89.2. The molecule has 302 valence electrons. The third-order valence-corrected chi connectivity index (χ3v) is 8.35. The van der Waals surface area contributed by atoms with Crippen LogP contribution < -0.4 is 43.8 Å². The summed E-state index contributed by atoms with van der Waals surface area (Å²) in [6.07, 6.45) is 2.92. The topological polar surface area (TPSA) is 342 Å². The van der Waals surface area contributed by atoms with Crippen LogP contribution in [-0.4, -0.2) is 123 Å². The highest BCUT2D eigenvalue weighted by Crippen LogP contribution is 2.08. The molecule has 15 N–H and O–H groups in total. The monoisotopic (exact) mass is 779 g/mol. The fraction of sp³-hybridized carbons (Fsp3) is 0.389. The first-order valence-corrected chi connectivity index (χ1v) is 17.6. The van der Waals surface area contributed by atoms with Gasteiger partial charge in [0.05, 0.1) is 25.6 Å². The van der Waals surface area contributed by atoms with Crippen LogP contribution in [0.4, 0.5) is 0 Å². The van der Waals surface area contributed by atoms with Crippen molar-refractivity contribution in [2.75, 3.05) is 19.8 Å². The van der Waals surface area contributed by atoms with Gasteiger partial charge in [-0.1, -0.05) is 60.7 Å². The molecule has 0 bridgehead atoms. The first kappa shape index (κ1) is 44.0. The van der Waals surface area contributed by atoms with E-state index in [0.29, 0.717) is 11.3 Å². The Labute approximate surface area is 322 Å². The number of aromatic amines is 1. The van der Waals surface area contributed by atoms with Crippen LogP contribution >= 0.6 is 0 Å². The first-order chi connectivity index (χ1) is 26.8. The number of hydrogen-bond donors (Lipinski definition) is 12. The molecule has 1 aromatic heterocycles. The molecule has 0 radical (unpaired) electrons. The number of nitrogens with one attached hydrogen (secondary N) is 6. The van der Waals surface area contributed by atoms with Crippen LogP contribution in [0.15, 0.2) is 78.2 Å². The Kier molecular flexibility index (Phi) is 17.9. The summed E-state index contributed by atoms with van der Waals surface area (Å²) in [5, 5.41) is 41.6. The molecule has 1 heterocycles. The van der Waals surface area contributed by atoms with Gasteiger partial charge in [0.25, 0.3) is 0 Å². The van der Waals surface area contributed by atoms with E-state index in [9.17, 15) is 44.1 Å². The number of benzene rings is 2. The Morgan fingerprint density at radius 2 is 1.14 bits per heavy atom. The van der Waals surface area contributed by atoms with E-state index in [2.05, 4.69) is 41.5 Å². The molecule has 56 heavy (non-hydrogen) atoms. The van der Waals surface area contributed by atoms with E-state index < -0.39 is 85.0 Å². The lowest BCUT2D eigenvalue weighted by Crippen LogP contribution is -2.61. The maximum absolute atomic E-state index is 13.7. The SMILES string of the molecule is NC(N)=NCCC[C@H](NC(=O)[C@@H](N)Cc1ccccc1)C(=O)N[C@@H](Cc1cnc[nH]1)C(=O)N[C@@H](CO)C(=O)N[C@@H](CO)C(=O)N[C@@H](Cc1ccccc1)C(=O)O. The molecule has 0 unspecified atom stereocenters. The van der Waals surface area contributed by atoms with E-state index in [0.717, 1.165) is 5.56 Å². The number of aliphatic hydroxyl groups is 2. The van der Waals surface area contributed by atoms with Gasteiger partial charge in [-0.3, -0.25) is 29.0 Å². The van der Waals surface area contributed by atoms with Crippen LogP contribution in [0.5, 0.6) is 0 Å². The van der Waals surface area contributed by atoms with Crippen molar-refractivity contribution in [1.29, 1.82) is 0 Å². The number of aliphatic hydroxyl groups excluding tert-OH is 2. The van der Waals surface area contributed by atoms with E-state index in [1.54, 1.807) is 54.6 Å². The zero-order valence-corrected chi connectivity index (χ0v) is 30.5. The van der Waals surface area contributed by atoms with E-state index in [-0.39, 0.29) is 44.6 Å². The van der Waals surface area contributed by atoms with Crippen molar-refractivity contribution in [2.45, 2.75) is 68.4 Å². The molecule has 20 heteroatoms. The highest BCUT2D eigenvalue weighted by Gasteiger charge is 2.33. The van der Waals surface area contributed by atoms with Crippen molar-refractivity contribution in [3.8, 4) is 0 Å². The summed E-state index contributed by atoms with van der Waals surface area (Å²) in [5.41, 5.74) is 18.8. The predicted molar refractivity (Wildman–Crippen MR) is 202 cm³/mol. The molecule has 0 aliphatic rings. The summed E-state index contributed by atoms with van der Waals surface area (Å²) in [7, 11) is 0. The zero-order chi connectivity index (χ0) is 41.0. The van der Waals surface area contributed by atoms with Crippen LogP contribution in [0.2, 0.25) is 0 Å². The van der Waals surface area contributed by atoms with Gasteiger partial charge >= 0.3 is 5.97 Å². The lowest BCUT2D eigenvalue weighted by molar-refractivity contribution is -0.142. The van der Waals surface area contributed by atoms with Crippen molar-refractivity contribution in [1.82, 2.24) is 36.6 Å². The number of carboxylic acid groups (broad SMARTS) is 1. The van der Waals surface area contributed by atoms with E-state index in [1.807, 2.05) is 6.07 Å². The molecule has 0 aliphatic heterocycles. The normalized spacial score (nSPS) is 14.1. The quantitative estimate of drug-likeness (QED) is 0.0251. The second-order valence-corrected chi connectivity index (χ2v) is 12.7. The number of aromatic nitrogens is 2. The number of aliphatic carboxylic acids is 1. The fourth-order valence-corrected chi connectivity index (χ4v) is 5.36. The lowest BCUT2D eigenvalue weighted by Gasteiger charge is -2.26. The van der Waals surface area contributed by atoms with Gasteiger partial charge in [0.2, 0.25) is 29.5 Å².